The summed E-state index contributed by atoms with van der Waals surface area (Å²) in [4.78, 5) is 0. The van der Waals surface area contributed by atoms with Crippen molar-refractivity contribution < 1.29 is 9.60 Å². The third kappa shape index (κ3) is 2.85. The zero-order chi connectivity index (χ0) is 28.7. The Morgan fingerprint density at radius 2 is 1.41 bits per heavy atom. The van der Waals surface area contributed by atoms with Crippen LogP contribution in [-0.2, 0) is 0 Å². The number of hydrogen-bond donors (Lipinski definition) is 0. The molecule has 6 aromatic carbocycles. The van der Waals surface area contributed by atoms with Crippen LogP contribution in [0.25, 0.3) is 60.2 Å². The minimum absolute atomic E-state index is 0.163. The van der Waals surface area contributed by atoms with Gasteiger partial charge >= 0.3 is 0 Å². The van der Waals surface area contributed by atoms with E-state index in [4.69, 9.17) is 9.60 Å². The van der Waals surface area contributed by atoms with Gasteiger partial charge in [-0.05, 0) is 63.0 Å². The lowest BCUT2D eigenvalue weighted by atomic mass is 9.92. The van der Waals surface area contributed by atoms with Gasteiger partial charge in [0.25, 0.3) is 0 Å². The Kier molecular flexibility index (Phi) is 3.06. The summed E-state index contributed by atoms with van der Waals surface area (Å²) in [5.41, 5.74) is 2.07. The molecular formula is C32H20BrN. The highest BCUT2D eigenvalue weighted by atomic mass is 79.9. The fourth-order valence-corrected chi connectivity index (χ4v) is 5.29. The summed E-state index contributed by atoms with van der Waals surface area (Å²) in [6.07, 6.45) is 0. The largest absolute Gasteiger partial charge is 0.309 e. The van der Waals surface area contributed by atoms with E-state index in [-0.39, 0.29) is 52.7 Å². The lowest BCUT2D eigenvalue weighted by Crippen LogP contribution is -1.93. The summed E-state index contributed by atoms with van der Waals surface area (Å²) >= 11 is 3.50. The molecule has 2 heteroatoms. The van der Waals surface area contributed by atoms with Gasteiger partial charge in [-0.1, -0.05) is 107 Å². The molecule has 7 rings (SSSR count). The van der Waals surface area contributed by atoms with Crippen LogP contribution in [0.4, 0.5) is 0 Å². The molecule has 0 aliphatic rings. The van der Waals surface area contributed by atoms with Crippen molar-refractivity contribution >= 4 is 59.3 Å². The molecular weight excluding hydrogens is 478 g/mol. The number of rotatable bonds is 2. The molecule has 0 bridgehead atoms. The quantitative estimate of drug-likeness (QED) is 0.206. The van der Waals surface area contributed by atoms with Crippen LogP contribution in [0.1, 0.15) is 9.60 Å². The summed E-state index contributed by atoms with van der Waals surface area (Å²) in [6.45, 7) is 0. The highest BCUT2D eigenvalue weighted by Crippen LogP contribution is 2.41. The number of para-hydroxylation sites is 1. The number of nitrogens with zero attached hydrogens (tertiary/aromatic N) is 1. The molecule has 0 saturated carbocycles. The normalized spacial score (nSPS) is 14.6. The van der Waals surface area contributed by atoms with E-state index in [0.717, 1.165) is 26.0 Å². The van der Waals surface area contributed by atoms with Crippen LogP contribution in [0.2, 0.25) is 0 Å². The smallest absolute Gasteiger partial charge is 0.0645 e. The van der Waals surface area contributed by atoms with Crippen LogP contribution in [0.5, 0.6) is 0 Å². The van der Waals surface area contributed by atoms with E-state index in [1.165, 1.54) is 0 Å². The van der Waals surface area contributed by atoms with E-state index >= 15 is 0 Å². The van der Waals surface area contributed by atoms with E-state index in [9.17, 15) is 0 Å². The van der Waals surface area contributed by atoms with Crippen LogP contribution < -0.4 is 0 Å². The molecule has 1 aromatic heterocycles. The van der Waals surface area contributed by atoms with Crippen LogP contribution in [-0.4, -0.2) is 4.57 Å². The van der Waals surface area contributed by atoms with Gasteiger partial charge in [0.1, 0.15) is 0 Å². The number of benzene rings is 6. The van der Waals surface area contributed by atoms with Gasteiger partial charge in [-0.2, -0.15) is 0 Å². The fourth-order valence-electron chi connectivity index (χ4n) is 4.91. The maximum Gasteiger partial charge on any atom is 0.0645 e. The average molecular weight is 505 g/mol. The summed E-state index contributed by atoms with van der Waals surface area (Å²) in [5.74, 6) is 0. The SMILES string of the molecule is [2H]c1c([2H])c([2H])c2c(c1[2H])c1c(-c3cccc4c3ccc3ccccc34)c([2H])c([2H])c([2H])c1n2-c1cccc(Br)c1. The Bertz CT molecular complexity index is 2250. The molecule has 0 unspecified atom stereocenters. The lowest BCUT2D eigenvalue weighted by molar-refractivity contribution is 1.18. The first-order valence-corrected chi connectivity index (χ1v) is 11.7. The Morgan fingerprint density at radius 1 is 0.588 bits per heavy atom. The Hall–Kier alpha value is -3.88. The van der Waals surface area contributed by atoms with E-state index in [1.54, 1.807) is 10.6 Å². The van der Waals surface area contributed by atoms with Gasteiger partial charge in [0.05, 0.1) is 20.6 Å². The monoisotopic (exact) mass is 504 g/mol. The van der Waals surface area contributed by atoms with Crippen molar-refractivity contribution in [2.45, 2.75) is 0 Å². The van der Waals surface area contributed by atoms with Gasteiger partial charge in [0.2, 0.25) is 0 Å². The van der Waals surface area contributed by atoms with Gasteiger partial charge in [-0.25, -0.2) is 0 Å². The second-order valence-electron chi connectivity index (χ2n) is 8.20. The predicted octanol–water partition coefficient (Wildman–Crippen LogP) is 9.52. The molecule has 0 saturated heterocycles. The molecule has 160 valence electrons. The van der Waals surface area contributed by atoms with Gasteiger partial charge < -0.3 is 4.57 Å². The van der Waals surface area contributed by atoms with E-state index < -0.39 is 6.04 Å². The molecule has 0 fully saturated rings. The zero-order valence-corrected chi connectivity index (χ0v) is 19.4. The average Bonchev–Trinajstić information content (AvgIpc) is 3.34. The molecule has 0 amide bonds. The Balaban J connectivity index is 1.78. The van der Waals surface area contributed by atoms with E-state index in [0.29, 0.717) is 22.2 Å². The van der Waals surface area contributed by atoms with Crippen molar-refractivity contribution in [2.24, 2.45) is 0 Å². The van der Waals surface area contributed by atoms with Crippen LogP contribution >= 0.6 is 15.9 Å². The van der Waals surface area contributed by atoms with Gasteiger partial charge in [-0.15, -0.1) is 0 Å². The minimum atomic E-state index is -0.390. The summed E-state index contributed by atoms with van der Waals surface area (Å²) in [7, 11) is 0. The molecule has 0 N–H and O–H groups in total. The number of aromatic nitrogens is 1. The van der Waals surface area contributed by atoms with Gasteiger partial charge in [-0.3, -0.25) is 0 Å². The number of halogens is 1. The predicted molar refractivity (Wildman–Crippen MR) is 149 cm³/mol. The molecule has 0 radical (unpaired) electrons. The first kappa shape index (κ1) is 13.7. The molecule has 34 heavy (non-hydrogen) atoms. The van der Waals surface area contributed by atoms with E-state index in [2.05, 4.69) is 15.9 Å². The first-order chi connectivity index (χ1) is 19.7. The van der Waals surface area contributed by atoms with Gasteiger partial charge in [0.15, 0.2) is 0 Å². The third-order valence-corrected chi connectivity index (χ3v) is 6.84. The molecule has 1 heterocycles. The van der Waals surface area contributed by atoms with Crippen LogP contribution in [0.15, 0.2) is 126 Å². The second-order valence-corrected chi connectivity index (χ2v) is 9.12. The standard InChI is InChI=1S/C32H20BrN/c33-22-9-5-10-23(20-22)34-30-16-4-3-12-29(30)32-28(15-7-17-31(32)34)26-14-6-13-25-24-11-2-1-8-21(24)18-19-27(25)26/h1-20H/i3D,4D,7D,12D,15D,16D,17D. The topological polar surface area (TPSA) is 4.93 Å². The maximum atomic E-state index is 9.12. The summed E-state index contributed by atoms with van der Waals surface area (Å²) < 4.78 is 64.2. The third-order valence-electron chi connectivity index (χ3n) is 6.34. The van der Waals surface area contributed by atoms with Crippen molar-refractivity contribution in [2.75, 3.05) is 0 Å². The molecule has 7 aromatic rings. The number of fused-ring (bicyclic) bond motifs is 6. The maximum absolute atomic E-state index is 9.12. The van der Waals surface area contributed by atoms with Crippen molar-refractivity contribution in [3.05, 3.63) is 126 Å². The van der Waals surface area contributed by atoms with Crippen LogP contribution in [0.3, 0.4) is 0 Å². The number of hydrogen-bond acceptors (Lipinski definition) is 0. The van der Waals surface area contributed by atoms with Crippen molar-refractivity contribution in [3.63, 3.8) is 0 Å². The molecule has 0 atom stereocenters. The Morgan fingerprint density at radius 3 is 2.35 bits per heavy atom. The molecule has 0 aliphatic carbocycles. The fraction of sp³-hybridized carbons (Fsp3) is 0. The Labute approximate surface area is 215 Å². The minimum Gasteiger partial charge on any atom is -0.309 e. The molecule has 0 spiro atoms. The molecule has 1 nitrogen and oxygen atoms in total. The highest BCUT2D eigenvalue weighted by molar-refractivity contribution is 9.10. The van der Waals surface area contributed by atoms with Crippen molar-refractivity contribution in [1.82, 2.24) is 4.57 Å². The van der Waals surface area contributed by atoms with Gasteiger partial charge in [0, 0.05) is 20.9 Å². The van der Waals surface area contributed by atoms with Crippen LogP contribution in [0, 0.1) is 0 Å². The van der Waals surface area contributed by atoms with Crippen molar-refractivity contribution in [1.29, 1.82) is 0 Å². The second kappa shape index (κ2) is 7.58. The summed E-state index contributed by atoms with van der Waals surface area (Å²) in [5, 5.41) is 4.50. The lowest BCUT2D eigenvalue weighted by Gasteiger charge is -2.12. The zero-order valence-electron chi connectivity index (χ0n) is 24.8. The highest BCUT2D eigenvalue weighted by Gasteiger charge is 2.17. The van der Waals surface area contributed by atoms with Crippen molar-refractivity contribution in [3.8, 4) is 16.8 Å². The van der Waals surface area contributed by atoms with E-state index in [1.807, 2.05) is 72.8 Å². The first-order valence-electron chi connectivity index (χ1n) is 14.4. The molecule has 0 aliphatic heterocycles. The summed E-state index contributed by atoms with van der Waals surface area (Å²) in [6, 6.07) is 23.1.